The molecule has 0 amide bonds. The fourth-order valence-electron chi connectivity index (χ4n) is 1.83. The largest absolute Gasteiger partial charge is 0.354 e. The molecule has 0 atom stereocenters. The lowest BCUT2D eigenvalue weighted by molar-refractivity contribution is 0.312. The van der Waals surface area contributed by atoms with Gasteiger partial charge in [0, 0.05) is 45.5 Å². The Morgan fingerprint density at radius 1 is 1.35 bits per heavy atom. The molecule has 1 fully saturated rings. The molecular weight excluding hydrogens is 216 g/mol. The molecule has 0 radical (unpaired) electrons. The van der Waals surface area contributed by atoms with E-state index in [0.717, 1.165) is 32.0 Å². The molecule has 1 aromatic rings. The summed E-state index contributed by atoms with van der Waals surface area (Å²) in [4.78, 5) is 13.3. The molecule has 1 aromatic heterocycles. The van der Waals surface area contributed by atoms with E-state index >= 15 is 0 Å². The molecule has 0 spiro atoms. The number of anilines is 2. The van der Waals surface area contributed by atoms with Crippen LogP contribution in [0.4, 0.5) is 11.8 Å². The molecule has 6 nitrogen and oxygen atoms in total. The Bertz CT molecular complexity index is 348. The van der Waals surface area contributed by atoms with Crippen molar-refractivity contribution in [2.24, 2.45) is 5.73 Å². The summed E-state index contributed by atoms with van der Waals surface area (Å²) in [7, 11) is 2.14. The minimum Gasteiger partial charge on any atom is -0.354 e. The van der Waals surface area contributed by atoms with Gasteiger partial charge < -0.3 is 20.9 Å². The first-order chi connectivity index (χ1) is 8.29. The number of hydrogen-bond acceptors (Lipinski definition) is 6. The summed E-state index contributed by atoms with van der Waals surface area (Å²) >= 11 is 0. The van der Waals surface area contributed by atoms with Crippen molar-refractivity contribution in [2.75, 3.05) is 56.5 Å². The molecule has 0 unspecified atom stereocenters. The van der Waals surface area contributed by atoms with Gasteiger partial charge in [0.25, 0.3) is 0 Å². The van der Waals surface area contributed by atoms with E-state index in [1.165, 1.54) is 0 Å². The van der Waals surface area contributed by atoms with Crippen molar-refractivity contribution in [3.8, 4) is 0 Å². The number of rotatable bonds is 4. The summed E-state index contributed by atoms with van der Waals surface area (Å²) < 4.78 is 0. The molecule has 0 aliphatic carbocycles. The smallest absolute Gasteiger partial charge is 0.224 e. The van der Waals surface area contributed by atoms with Crippen LogP contribution >= 0.6 is 0 Å². The molecule has 94 valence electrons. The second kappa shape index (κ2) is 5.79. The molecule has 6 heteroatoms. The average molecular weight is 236 g/mol. The monoisotopic (exact) mass is 236 g/mol. The zero-order chi connectivity index (χ0) is 12.1. The van der Waals surface area contributed by atoms with Crippen molar-refractivity contribution in [2.45, 2.75) is 0 Å². The molecule has 1 aliphatic heterocycles. The van der Waals surface area contributed by atoms with E-state index in [0.29, 0.717) is 19.0 Å². The van der Waals surface area contributed by atoms with Crippen LogP contribution in [0, 0.1) is 0 Å². The normalized spacial score (nSPS) is 17.2. The van der Waals surface area contributed by atoms with Gasteiger partial charge in [-0.2, -0.15) is 4.98 Å². The molecule has 2 rings (SSSR count). The van der Waals surface area contributed by atoms with Crippen molar-refractivity contribution < 1.29 is 0 Å². The van der Waals surface area contributed by atoms with Gasteiger partial charge in [-0.15, -0.1) is 0 Å². The minimum atomic E-state index is 0.585. The summed E-state index contributed by atoms with van der Waals surface area (Å²) in [6, 6.07) is 1.96. The van der Waals surface area contributed by atoms with E-state index in [-0.39, 0.29) is 0 Å². The van der Waals surface area contributed by atoms with Crippen LogP contribution in [-0.2, 0) is 0 Å². The SMILES string of the molecule is CN1CCN(c2ccnc(NCCN)n2)CC1. The maximum atomic E-state index is 5.44. The van der Waals surface area contributed by atoms with Crippen LogP contribution in [0.1, 0.15) is 0 Å². The number of nitrogens with one attached hydrogen (secondary N) is 1. The van der Waals surface area contributed by atoms with Crippen molar-refractivity contribution >= 4 is 11.8 Å². The number of piperazine rings is 1. The highest BCUT2D eigenvalue weighted by Crippen LogP contribution is 2.13. The maximum absolute atomic E-state index is 5.44. The molecule has 0 bridgehead atoms. The first-order valence-corrected chi connectivity index (χ1v) is 6.00. The summed E-state index contributed by atoms with van der Waals surface area (Å²) in [5.74, 6) is 1.65. The summed E-state index contributed by atoms with van der Waals surface area (Å²) in [5, 5.41) is 3.10. The van der Waals surface area contributed by atoms with Crippen LogP contribution in [0.25, 0.3) is 0 Å². The van der Waals surface area contributed by atoms with Gasteiger partial charge in [0.05, 0.1) is 0 Å². The Balaban J connectivity index is 2.00. The standard InChI is InChI=1S/C11H20N6/c1-16-6-8-17(9-7-16)10-2-4-13-11(15-10)14-5-3-12/h2,4H,3,5-9,12H2,1H3,(H,13,14,15). The van der Waals surface area contributed by atoms with Crippen LogP contribution < -0.4 is 16.0 Å². The number of aromatic nitrogens is 2. The summed E-state index contributed by atoms with van der Waals surface area (Å²) in [6.07, 6.45) is 1.79. The Morgan fingerprint density at radius 2 is 2.12 bits per heavy atom. The lowest BCUT2D eigenvalue weighted by Crippen LogP contribution is -2.44. The maximum Gasteiger partial charge on any atom is 0.224 e. The lowest BCUT2D eigenvalue weighted by Gasteiger charge is -2.33. The zero-order valence-corrected chi connectivity index (χ0v) is 10.3. The molecular formula is C11H20N6. The molecule has 1 aliphatic rings. The fourth-order valence-corrected chi connectivity index (χ4v) is 1.83. The van der Waals surface area contributed by atoms with Gasteiger partial charge in [-0.1, -0.05) is 0 Å². The highest BCUT2D eigenvalue weighted by atomic mass is 15.3. The van der Waals surface area contributed by atoms with Crippen molar-refractivity contribution in [3.05, 3.63) is 12.3 Å². The first-order valence-electron chi connectivity index (χ1n) is 6.00. The summed E-state index contributed by atoms with van der Waals surface area (Å²) in [5.41, 5.74) is 5.44. The third-order valence-electron chi connectivity index (χ3n) is 2.90. The molecule has 1 saturated heterocycles. The van der Waals surface area contributed by atoms with E-state index in [1.807, 2.05) is 6.07 Å². The van der Waals surface area contributed by atoms with Gasteiger partial charge in [0.2, 0.25) is 5.95 Å². The number of likely N-dealkylation sites (N-methyl/N-ethyl adjacent to an activating group) is 1. The predicted octanol–water partition coefficient (Wildman–Crippen LogP) is -0.401. The predicted molar refractivity (Wildman–Crippen MR) is 69.3 cm³/mol. The van der Waals surface area contributed by atoms with E-state index in [9.17, 15) is 0 Å². The third kappa shape index (κ3) is 3.28. The molecule has 17 heavy (non-hydrogen) atoms. The number of nitrogens with zero attached hydrogens (tertiary/aromatic N) is 4. The Kier molecular flexibility index (Phi) is 4.11. The van der Waals surface area contributed by atoms with Crippen LogP contribution in [0.3, 0.4) is 0 Å². The van der Waals surface area contributed by atoms with Crippen LogP contribution in [0.15, 0.2) is 12.3 Å². The van der Waals surface area contributed by atoms with E-state index in [1.54, 1.807) is 6.20 Å². The van der Waals surface area contributed by atoms with Crippen LogP contribution in [0.2, 0.25) is 0 Å². The van der Waals surface area contributed by atoms with Crippen LogP contribution in [0.5, 0.6) is 0 Å². The van der Waals surface area contributed by atoms with E-state index in [4.69, 9.17) is 5.73 Å². The summed E-state index contributed by atoms with van der Waals surface area (Å²) in [6.45, 7) is 5.48. The van der Waals surface area contributed by atoms with Crippen molar-refractivity contribution in [1.82, 2.24) is 14.9 Å². The van der Waals surface area contributed by atoms with Gasteiger partial charge in [-0.05, 0) is 13.1 Å². The first kappa shape index (κ1) is 12.1. The molecule has 0 saturated carbocycles. The Hall–Kier alpha value is -1.40. The van der Waals surface area contributed by atoms with Crippen molar-refractivity contribution in [3.63, 3.8) is 0 Å². The highest BCUT2D eigenvalue weighted by molar-refractivity contribution is 5.42. The van der Waals surface area contributed by atoms with Crippen molar-refractivity contribution in [1.29, 1.82) is 0 Å². The van der Waals surface area contributed by atoms with Gasteiger partial charge in [-0.25, -0.2) is 4.98 Å². The fraction of sp³-hybridized carbons (Fsp3) is 0.636. The average Bonchev–Trinajstić information content (AvgIpc) is 2.37. The third-order valence-corrected chi connectivity index (χ3v) is 2.90. The van der Waals surface area contributed by atoms with Gasteiger partial charge in [0.1, 0.15) is 5.82 Å². The van der Waals surface area contributed by atoms with E-state index < -0.39 is 0 Å². The topological polar surface area (TPSA) is 70.3 Å². The van der Waals surface area contributed by atoms with Crippen LogP contribution in [-0.4, -0.2) is 61.2 Å². The number of nitrogens with two attached hydrogens (primary N) is 1. The Labute approximate surface area is 102 Å². The van der Waals surface area contributed by atoms with E-state index in [2.05, 4.69) is 32.1 Å². The quantitative estimate of drug-likeness (QED) is 0.741. The molecule has 2 heterocycles. The second-order valence-corrected chi connectivity index (χ2v) is 4.24. The van der Waals surface area contributed by atoms with Gasteiger partial charge >= 0.3 is 0 Å². The van der Waals surface area contributed by atoms with Gasteiger partial charge in [0.15, 0.2) is 0 Å². The minimum absolute atomic E-state index is 0.585. The van der Waals surface area contributed by atoms with Gasteiger partial charge in [-0.3, -0.25) is 0 Å². The molecule has 3 N–H and O–H groups in total. The zero-order valence-electron chi connectivity index (χ0n) is 10.3. The second-order valence-electron chi connectivity index (χ2n) is 4.24. The highest BCUT2D eigenvalue weighted by Gasteiger charge is 2.15. The lowest BCUT2D eigenvalue weighted by atomic mass is 10.3. The number of hydrogen-bond donors (Lipinski definition) is 2. The molecule has 0 aromatic carbocycles. The Morgan fingerprint density at radius 3 is 2.82 bits per heavy atom.